The third-order valence-electron chi connectivity index (χ3n) is 1.34. The van der Waals surface area contributed by atoms with Gasteiger partial charge in [-0.3, -0.25) is 0 Å². The Bertz CT molecular complexity index is 265. The summed E-state index contributed by atoms with van der Waals surface area (Å²) in [5.41, 5.74) is 0.990. The molecule has 0 aliphatic rings. The van der Waals surface area contributed by atoms with Crippen LogP contribution in [0.3, 0.4) is 0 Å². The van der Waals surface area contributed by atoms with E-state index in [-0.39, 0.29) is 0 Å². The molecule has 0 saturated carbocycles. The number of benzene rings is 1. The van der Waals surface area contributed by atoms with Crippen molar-refractivity contribution in [3.05, 3.63) is 28.2 Å². The SMILES string of the molecule is Clc1ccc(NCCBr)cc1Cl. The molecule has 1 N–H and O–H groups in total. The molecule has 0 unspecified atom stereocenters. The summed E-state index contributed by atoms with van der Waals surface area (Å²) in [6, 6.07) is 5.49. The Morgan fingerprint density at radius 2 is 2.00 bits per heavy atom. The Morgan fingerprint density at radius 1 is 1.25 bits per heavy atom. The van der Waals surface area contributed by atoms with Crippen LogP contribution in [0.5, 0.6) is 0 Å². The van der Waals surface area contributed by atoms with Gasteiger partial charge in [0, 0.05) is 17.6 Å². The molecule has 1 aromatic carbocycles. The first-order valence-corrected chi connectivity index (χ1v) is 5.36. The van der Waals surface area contributed by atoms with Crippen LogP contribution in [0, 0.1) is 0 Å². The number of hydrogen-bond donors (Lipinski definition) is 1. The van der Waals surface area contributed by atoms with Gasteiger partial charge in [-0.15, -0.1) is 0 Å². The van der Waals surface area contributed by atoms with Crippen LogP contribution in [0.1, 0.15) is 0 Å². The second-order valence-corrected chi connectivity index (χ2v) is 3.85. The van der Waals surface area contributed by atoms with Crippen molar-refractivity contribution in [3.63, 3.8) is 0 Å². The van der Waals surface area contributed by atoms with Crippen molar-refractivity contribution in [3.8, 4) is 0 Å². The highest BCUT2D eigenvalue weighted by Gasteiger charge is 1.97. The summed E-state index contributed by atoms with van der Waals surface area (Å²) in [7, 11) is 0. The first kappa shape index (κ1) is 10.2. The fourth-order valence-corrected chi connectivity index (χ4v) is 1.29. The van der Waals surface area contributed by atoms with Crippen LogP contribution < -0.4 is 5.32 Å². The Balaban J connectivity index is 2.69. The van der Waals surface area contributed by atoms with Gasteiger partial charge in [0.2, 0.25) is 0 Å². The Hall–Kier alpha value is 0.0800. The van der Waals surface area contributed by atoms with Crippen molar-refractivity contribution in [2.24, 2.45) is 0 Å². The van der Waals surface area contributed by atoms with E-state index < -0.39 is 0 Å². The molecule has 1 rings (SSSR count). The van der Waals surface area contributed by atoms with E-state index in [1.54, 1.807) is 6.07 Å². The quantitative estimate of drug-likeness (QED) is 0.823. The highest BCUT2D eigenvalue weighted by molar-refractivity contribution is 9.09. The molecule has 0 radical (unpaired) electrons. The van der Waals surface area contributed by atoms with Crippen LogP contribution in [0.2, 0.25) is 10.0 Å². The summed E-state index contributed by atoms with van der Waals surface area (Å²) in [4.78, 5) is 0. The second-order valence-electron chi connectivity index (χ2n) is 2.24. The van der Waals surface area contributed by atoms with Crippen LogP contribution in [0.25, 0.3) is 0 Å². The number of rotatable bonds is 3. The molecule has 0 saturated heterocycles. The molecule has 0 fully saturated rings. The Kier molecular flexibility index (Phi) is 4.19. The van der Waals surface area contributed by atoms with Gasteiger partial charge >= 0.3 is 0 Å². The maximum absolute atomic E-state index is 5.81. The Morgan fingerprint density at radius 3 is 2.58 bits per heavy atom. The van der Waals surface area contributed by atoms with Gasteiger partial charge in [0.25, 0.3) is 0 Å². The minimum Gasteiger partial charge on any atom is -0.384 e. The summed E-state index contributed by atoms with van der Waals surface area (Å²) in [6.45, 7) is 0.873. The fourth-order valence-electron chi connectivity index (χ4n) is 0.798. The molecule has 0 aliphatic heterocycles. The first-order valence-electron chi connectivity index (χ1n) is 3.49. The lowest BCUT2D eigenvalue weighted by Gasteiger charge is -2.04. The van der Waals surface area contributed by atoms with E-state index >= 15 is 0 Å². The normalized spacial score (nSPS) is 9.92. The van der Waals surface area contributed by atoms with Gasteiger partial charge in [-0.25, -0.2) is 0 Å². The van der Waals surface area contributed by atoms with Gasteiger partial charge < -0.3 is 5.32 Å². The van der Waals surface area contributed by atoms with E-state index in [0.29, 0.717) is 10.0 Å². The molecular formula is C8H8BrCl2N. The van der Waals surface area contributed by atoms with E-state index in [1.807, 2.05) is 12.1 Å². The molecule has 66 valence electrons. The lowest BCUT2D eigenvalue weighted by Crippen LogP contribution is -2.01. The number of halogens is 3. The number of nitrogens with one attached hydrogen (secondary N) is 1. The minimum atomic E-state index is 0.580. The third-order valence-corrected chi connectivity index (χ3v) is 2.48. The smallest absolute Gasteiger partial charge is 0.0612 e. The zero-order valence-electron chi connectivity index (χ0n) is 6.28. The zero-order valence-corrected chi connectivity index (χ0v) is 9.38. The molecule has 0 heterocycles. The lowest BCUT2D eigenvalue weighted by atomic mass is 10.3. The van der Waals surface area contributed by atoms with E-state index in [9.17, 15) is 0 Å². The average molecular weight is 269 g/mol. The van der Waals surface area contributed by atoms with Crippen molar-refractivity contribution in [1.82, 2.24) is 0 Å². The maximum atomic E-state index is 5.81. The molecule has 0 atom stereocenters. The monoisotopic (exact) mass is 267 g/mol. The zero-order chi connectivity index (χ0) is 8.97. The van der Waals surface area contributed by atoms with Crippen molar-refractivity contribution < 1.29 is 0 Å². The number of alkyl halides is 1. The van der Waals surface area contributed by atoms with Gasteiger partial charge in [0.05, 0.1) is 10.0 Å². The number of hydrogen-bond acceptors (Lipinski definition) is 1. The standard InChI is InChI=1S/C8H8BrCl2N/c9-3-4-12-6-1-2-7(10)8(11)5-6/h1-2,5,12H,3-4H2. The van der Waals surface area contributed by atoms with Gasteiger partial charge in [0.15, 0.2) is 0 Å². The number of anilines is 1. The van der Waals surface area contributed by atoms with Gasteiger partial charge in [-0.1, -0.05) is 39.1 Å². The fraction of sp³-hybridized carbons (Fsp3) is 0.250. The van der Waals surface area contributed by atoms with Crippen molar-refractivity contribution in [2.45, 2.75) is 0 Å². The van der Waals surface area contributed by atoms with Crippen molar-refractivity contribution in [1.29, 1.82) is 0 Å². The predicted octanol–water partition coefficient (Wildman–Crippen LogP) is 3.80. The molecule has 1 aromatic rings. The minimum absolute atomic E-state index is 0.580. The summed E-state index contributed by atoms with van der Waals surface area (Å²) in [6.07, 6.45) is 0. The summed E-state index contributed by atoms with van der Waals surface area (Å²) < 4.78 is 0. The molecule has 12 heavy (non-hydrogen) atoms. The lowest BCUT2D eigenvalue weighted by molar-refractivity contribution is 1.24. The molecule has 0 spiro atoms. The van der Waals surface area contributed by atoms with Gasteiger partial charge in [-0.05, 0) is 18.2 Å². The van der Waals surface area contributed by atoms with Crippen LogP contribution >= 0.6 is 39.1 Å². The van der Waals surface area contributed by atoms with E-state index in [1.165, 1.54) is 0 Å². The molecular weight excluding hydrogens is 261 g/mol. The molecule has 4 heteroatoms. The average Bonchev–Trinajstić information content (AvgIpc) is 2.07. The highest BCUT2D eigenvalue weighted by atomic mass is 79.9. The molecule has 0 aliphatic carbocycles. The topological polar surface area (TPSA) is 12.0 Å². The summed E-state index contributed by atoms with van der Waals surface area (Å²) in [5, 5.41) is 5.25. The molecule has 0 amide bonds. The first-order chi connectivity index (χ1) is 5.74. The largest absolute Gasteiger partial charge is 0.384 e. The molecule has 1 nitrogen and oxygen atoms in total. The van der Waals surface area contributed by atoms with E-state index in [4.69, 9.17) is 23.2 Å². The Labute approximate surface area is 90.2 Å². The van der Waals surface area contributed by atoms with E-state index in [0.717, 1.165) is 17.6 Å². The van der Waals surface area contributed by atoms with Crippen molar-refractivity contribution >= 4 is 44.8 Å². The van der Waals surface area contributed by atoms with Crippen molar-refractivity contribution in [2.75, 3.05) is 17.2 Å². The third kappa shape index (κ3) is 2.85. The highest BCUT2D eigenvalue weighted by Crippen LogP contribution is 2.24. The van der Waals surface area contributed by atoms with Crippen LogP contribution in [-0.4, -0.2) is 11.9 Å². The predicted molar refractivity (Wildman–Crippen MR) is 58.7 cm³/mol. The van der Waals surface area contributed by atoms with Crippen LogP contribution in [-0.2, 0) is 0 Å². The van der Waals surface area contributed by atoms with Crippen LogP contribution in [0.4, 0.5) is 5.69 Å². The summed E-state index contributed by atoms with van der Waals surface area (Å²) >= 11 is 14.9. The van der Waals surface area contributed by atoms with E-state index in [2.05, 4.69) is 21.2 Å². The summed E-state index contributed by atoms with van der Waals surface area (Å²) in [5.74, 6) is 0. The molecule has 0 bridgehead atoms. The van der Waals surface area contributed by atoms with Gasteiger partial charge in [0.1, 0.15) is 0 Å². The maximum Gasteiger partial charge on any atom is 0.0612 e. The second kappa shape index (κ2) is 4.95. The molecule has 0 aromatic heterocycles. The van der Waals surface area contributed by atoms with Crippen LogP contribution in [0.15, 0.2) is 18.2 Å². The van der Waals surface area contributed by atoms with Gasteiger partial charge in [-0.2, -0.15) is 0 Å².